The van der Waals surface area contributed by atoms with Gasteiger partial charge in [-0.1, -0.05) is 29.4 Å². The number of aromatic nitrogens is 3. The second kappa shape index (κ2) is 7.88. The van der Waals surface area contributed by atoms with Crippen molar-refractivity contribution in [3.63, 3.8) is 0 Å². The second-order valence-electron chi connectivity index (χ2n) is 5.69. The van der Waals surface area contributed by atoms with E-state index < -0.39 is 0 Å². The molecule has 0 unspecified atom stereocenters. The molecule has 5 nitrogen and oxygen atoms in total. The number of halogens is 2. The van der Waals surface area contributed by atoms with E-state index in [0.29, 0.717) is 21.7 Å². The first-order valence-electron chi connectivity index (χ1n) is 7.78. The summed E-state index contributed by atoms with van der Waals surface area (Å²) in [6.07, 6.45) is 0. The lowest BCUT2D eigenvalue weighted by atomic mass is 10.2. The Morgan fingerprint density at radius 2 is 1.96 bits per heavy atom. The van der Waals surface area contributed by atoms with Gasteiger partial charge in [0, 0.05) is 12.6 Å². The van der Waals surface area contributed by atoms with Crippen LogP contribution in [-0.2, 0) is 11.8 Å². The van der Waals surface area contributed by atoms with E-state index in [1.807, 2.05) is 13.0 Å². The minimum atomic E-state index is -0.308. The molecule has 0 radical (unpaired) electrons. The molecule has 1 heterocycles. The van der Waals surface area contributed by atoms with Crippen molar-refractivity contribution in [1.82, 2.24) is 14.8 Å². The van der Waals surface area contributed by atoms with Gasteiger partial charge in [-0.15, -0.1) is 10.2 Å². The highest BCUT2D eigenvalue weighted by Crippen LogP contribution is 2.25. The molecule has 0 spiro atoms. The zero-order chi connectivity index (χ0) is 18.7. The average Bonchev–Trinajstić information content (AvgIpc) is 2.97. The van der Waals surface area contributed by atoms with E-state index in [2.05, 4.69) is 15.5 Å². The van der Waals surface area contributed by atoms with Crippen molar-refractivity contribution in [1.29, 1.82) is 0 Å². The molecule has 3 aromatic rings. The highest BCUT2D eigenvalue weighted by Gasteiger charge is 2.13. The fourth-order valence-electron chi connectivity index (χ4n) is 2.33. The van der Waals surface area contributed by atoms with E-state index in [9.17, 15) is 9.18 Å². The zero-order valence-electron chi connectivity index (χ0n) is 14.2. The first-order chi connectivity index (χ1) is 12.4. The van der Waals surface area contributed by atoms with Gasteiger partial charge in [-0.05, 0) is 48.9 Å². The summed E-state index contributed by atoms with van der Waals surface area (Å²) < 4.78 is 14.8. The number of carbonyl (C=O) groups excluding carboxylic acids is 1. The molecular formula is C18H16ClFN4OS. The Morgan fingerprint density at radius 3 is 2.65 bits per heavy atom. The van der Waals surface area contributed by atoms with E-state index in [1.54, 1.807) is 35.9 Å². The van der Waals surface area contributed by atoms with Gasteiger partial charge < -0.3 is 9.88 Å². The van der Waals surface area contributed by atoms with Gasteiger partial charge in [-0.25, -0.2) is 4.39 Å². The smallest absolute Gasteiger partial charge is 0.234 e. The molecule has 1 N–H and O–H groups in total. The van der Waals surface area contributed by atoms with Crippen molar-refractivity contribution in [3.05, 3.63) is 58.9 Å². The third-order valence-electron chi connectivity index (χ3n) is 3.67. The topological polar surface area (TPSA) is 59.8 Å². The summed E-state index contributed by atoms with van der Waals surface area (Å²) in [5.41, 5.74) is 2.35. The van der Waals surface area contributed by atoms with Crippen molar-refractivity contribution >= 4 is 35.0 Å². The van der Waals surface area contributed by atoms with E-state index in [4.69, 9.17) is 11.6 Å². The number of carbonyl (C=O) groups is 1. The summed E-state index contributed by atoms with van der Waals surface area (Å²) in [6.45, 7) is 1.93. The van der Waals surface area contributed by atoms with Crippen molar-refractivity contribution in [2.24, 2.45) is 7.05 Å². The summed E-state index contributed by atoms with van der Waals surface area (Å²) in [5.74, 6) is 0.276. The van der Waals surface area contributed by atoms with Crippen molar-refractivity contribution in [2.75, 3.05) is 11.1 Å². The standard InChI is InChI=1S/C18H16ClFN4OS/c1-11-3-8-15(14(19)9-11)21-16(25)10-26-18-23-22-17(24(18)2)12-4-6-13(20)7-5-12/h3-9H,10H2,1-2H3,(H,21,25). The number of anilines is 1. The van der Waals surface area contributed by atoms with Crippen LogP contribution in [0.4, 0.5) is 10.1 Å². The molecule has 0 saturated heterocycles. The number of hydrogen-bond acceptors (Lipinski definition) is 4. The van der Waals surface area contributed by atoms with E-state index >= 15 is 0 Å². The van der Waals surface area contributed by atoms with Crippen LogP contribution in [0.15, 0.2) is 47.6 Å². The molecule has 3 rings (SSSR count). The number of aryl methyl sites for hydroxylation is 1. The fourth-order valence-corrected chi connectivity index (χ4v) is 3.32. The maximum absolute atomic E-state index is 13.0. The summed E-state index contributed by atoms with van der Waals surface area (Å²) in [6, 6.07) is 11.5. The molecule has 0 atom stereocenters. The SMILES string of the molecule is Cc1ccc(NC(=O)CSc2nnc(-c3ccc(F)cc3)n2C)c(Cl)c1. The zero-order valence-corrected chi connectivity index (χ0v) is 15.7. The predicted octanol–water partition coefficient (Wildman–Crippen LogP) is 4.31. The normalized spacial score (nSPS) is 10.8. The molecule has 0 fully saturated rings. The summed E-state index contributed by atoms with van der Waals surface area (Å²) in [5, 5.41) is 12.1. The summed E-state index contributed by atoms with van der Waals surface area (Å²) in [7, 11) is 1.80. The Kier molecular flexibility index (Phi) is 5.58. The first-order valence-corrected chi connectivity index (χ1v) is 9.14. The summed E-state index contributed by atoms with van der Waals surface area (Å²) in [4.78, 5) is 12.2. The number of hydrogen-bond donors (Lipinski definition) is 1. The van der Waals surface area contributed by atoms with Crippen molar-refractivity contribution in [3.8, 4) is 11.4 Å². The van der Waals surface area contributed by atoms with Gasteiger partial charge in [0.1, 0.15) is 5.82 Å². The van der Waals surface area contributed by atoms with Gasteiger partial charge in [0.15, 0.2) is 11.0 Å². The molecule has 0 bridgehead atoms. The van der Waals surface area contributed by atoms with E-state index in [-0.39, 0.29) is 17.5 Å². The molecule has 0 aliphatic heterocycles. The van der Waals surface area contributed by atoms with Gasteiger partial charge in [0.25, 0.3) is 0 Å². The number of rotatable bonds is 5. The molecule has 134 valence electrons. The molecule has 2 aromatic carbocycles. The maximum atomic E-state index is 13.0. The Bertz CT molecular complexity index is 943. The van der Waals surface area contributed by atoms with Gasteiger partial charge >= 0.3 is 0 Å². The molecule has 0 aliphatic rings. The van der Waals surface area contributed by atoms with E-state index in [0.717, 1.165) is 11.1 Å². The molecule has 8 heteroatoms. The summed E-state index contributed by atoms with van der Waals surface area (Å²) >= 11 is 7.39. The van der Waals surface area contributed by atoms with E-state index in [1.165, 1.54) is 23.9 Å². The number of nitrogens with one attached hydrogen (secondary N) is 1. The Labute approximate surface area is 159 Å². The van der Waals surface area contributed by atoms with Crippen LogP contribution in [0.1, 0.15) is 5.56 Å². The predicted molar refractivity (Wildman–Crippen MR) is 102 cm³/mol. The van der Waals surface area contributed by atoms with Gasteiger partial charge in [0.05, 0.1) is 16.5 Å². The molecular weight excluding hydrogens is 375 g/mol. The maximum Gasteiger partial charge on any atom is 0.234 e. The lowest BCUT2D eigenvalue weighted by Crippen LogP contribution is -2.14. The number of nitrogens with zero attached hydrogens (tertiary/aromatic N) is 3. The van der Waals surface area contributed by atoms with Gasteiger partial charge in [-0.2, -0.15) is 0 Å². The Hall–Kier alpha value is -2.38. The van der Waals surface area contributed by atoms with Crippen LogP contribution in [0.5, 0.6) is 0 Å². The minimum absolute atomic E-state index is 0.166. The third kappa shape index (κ3) is 4.23. The number of benzene rings is 2. The van der Waals surface area contributed by atoms with Crippen LogP contribution >= 0.6 is 23.4 Å². The van der Waals surface area contributed by atoms with Gasteiger partial charge in [0.2, 0.25) is 5.91 Å². The van der Waals surface area contributed by atoms with Crippen LogP contribution in [0, 0.1) is 12.7 Å². The van der Waals surface area contributed by atoms with Crippen LogP contribution in [0.2, 0.25) is 5.02 Å². The molecule has 1 amide bonds. The Morgan fingerprint density at radius 1 is 1.23 bits per heavy atom. The van der Waals surface area contributed by atoms with Gasteiger partial charge in [-0.3, -0.25) is 4.79 Å². The number of amides is 1. The lowest BCUT2D eigenvalue weighted by molar-refractivity contribution is -0.113. The molecule has 1 aromatic heterocycles. The van der Waals surface area contributed by atoms with Crippen LogP contribution in [0.3, 0.4) is 0 Å². The average molecular weight is 391 g/mol. The van der Waals surface area contributed by atoms with Crippen LogP contribution < -0.4 is 5.32 Å². The minimum Gasteiger partial charge on any atom is -0.324 e. The quantitative estimate of drug-likeness (QED) is 0.659. The monoisotopic (exact) mass is 390 g/mol. The fraction of sp³-hybridized carbons (Fsp3) is 0.167. The largest absolute Gasteiger partial charge is 0.324 e. The molecule has 0 saturated carbocycles. The lowest BCUT2D eigenvalue weighted by Gasteiger charge is -2.08. The van der Waals surface area contributed by atoms with Crippen molar-refractivity contribution < 1.29 is 9.18 Å². The third-order valence-corrected chi connectivity index (χ3v) is 5.00. The highest BCUT2D eigenvalue weighted by atomic mass is 35.5. The van der Waals surface area contributed by atoms with Crippen LogP contribution in [-0.4, -0.2) is 26.4 Å². The van der Waals surface area contributed by atoms with Crippen molar-refractivity contribution in [2.45, 2.75) is 12.1 Å². The Balaban J connectivity index is 1.64. The molecule has 26 heavy (non-hydrogen) atoms. The number of thioether (sulfide) groups is 1. The first kappa shape index (κ1) is 18.4. The second-order valence-corrected chi connectivity index (χ2v) is 7.04. The van der Waals surface area contributed by atoms with Crippen LogP contribution in [0.25, 0.3) is 11.4 Å². The highest BCUT2D eigenvalue weighted by molar-refractivity contribution is 7.99. The molecule has 0 aliphatic carbocycles.